The molecule has 2 rings (SSSR count). The van der Waals surface area contributed by atoms with Crippen molar-refractivity contribution in [3.05, 3.63) is 42.2 Å². The molecule has 0 fully saturated rings. The van der Waals surface area contributed by atoms with Gasteiger partial charge in [0.2, 0.25) is 0 Å². The van der Waals surface area contributed by atoms with Gasteiger partial charge in [0, 0.05) is 6.04 Å². The van der Waals surface area contributed by atoms with Crippen molar-refractivity contribution in [2.75, 3.05) is 6.54 Å². The molecule has 0 amide bonds. The molecule has 0 aliphatic rings. The van der Waals surface area contributed by atoms with Crippen molar-refractivity contribution in [1.82, 2.24) is 20.1 Å². The minimum absolute atomic E-state index is 0.143. The van der Waals surface area contributed by atoms with Gasteiger partial charge >= 0.3 is 0 Å². The normalized spacial score (nSPS) is 12.6. The minimum atomic E-state index is -0.289. The van der Waals surface area contributed by atoms with E-state index in [2.05, 4.69) is 22.3 Å². The van der Waals surface area contributed by atoms with Crippen LogP contribution in [0.15, 0.2) is 30.9 Å². The molecule has 1 aromatic carbocycles. The second-order valence-corrected chi connectivity index (χ2v) is 4.23. The van der Waals surface area contributed by atoms with Gasteiger partial charge < -0.3 is 5.32 Å². The fourth-order valence-corrected chi connectivity index (χ4v) is 1.79. The molecule has 0 spiro atoms. The Morgan fingerprint density at radius 2 is 2.28 bits per heavy atom. The van der Waals surface area contributed by atoms with Gasteiger partial charge in [0.25, 0.3) is 0 Å². The van der Waals surface area contributed by atoms with Crippen molar-refractivity contribution in [3.63, 3.8) is 0 Å². The number of benzene rings is 1. The molecule has 1 heterocycles. The third kappa shape index (κ3) is 2.73. The topological polar surface area (TPSA) is 42.7 Å². The second kappa shape index (κ2) is 5.73. The lowest BCUT2D eigenvalue weighted by molar-refractivity contribution is 0.559. The van der Waals surface area contributed by atoms with Gasteiger partial charge in [-0.3, -0.25) is 0 Å². The summed E-state index contributed by atoms with van der Waals surface area (Å²) < 4.78 is 15.4. The summed E-state index contributed by atoms with van der Waals surface area (Å²) in [6, 6.07) is 5.32. The third-order valence-corrected chi connectivity index (χ3v) is 2.84. The van der Waals surface area contributed by atoms with Crippen LogP contribution in [0.3, 0.4) is 0 Å². The van der Waals surface area contributed by atoms with Crippen LogP contribution in [0.1, 0.15) is 31.9 Å². The van der Waals surface area contributed by atoms with E-state index in [1.807, 2.05) is 13.0 Å². The highest BCUT2D eigenvalue weighted by molar-refractivity contribution is 5.36. The van der Waals surface area contributed by atoms with Crippen LogP contribution in [-0.2, 0) is 0 Å². The molecule has 4 nitrogen and oxygen atoms in total. The zero-order valence-electron chi connectivity index (χ0n) is 10.6. The lowest BCUT2D eigenvalue weighted by Gasteiger charge is -2.14. The predicted molar refractivity (Wildman–Crippen MR) is 68.0 cm³/mol. The van der Waals surface area contributed by atoms with Crippen LogP contribution in [0.5, 0.6) is 0 Å². The molecule has 0 radical (unpaired) electrons. The molecule has 1 aromatic heterocycles. The lowest BCUT2D eigenvalue weighted by atomic mass is 10.1. The number of nitrogens with zero attached hydrogens (tertiary/aromatic N) is 3. The summed E-state index contributed by atoms with van der Waals surface area (Å²) in [5.74, 6) is -0.289. The first-order valence-corrected chi connectivity index (χ1v) is 6.10. The molecule has 96 valence electrons. The van der Waals surface area contributed by atoms with E-state index < -0.39 is 0 Å². The van der Waals surface area contributed by atoms with E-state index in [0.717, 1.165) is 18.5 Å². The number of hydrogen-bond acceptors (Lipinski definition) is 3. The van der Waals surface area contributed by atoms with Crippen LogP contribution >= 0.6 is 0 Å². The largest absolute Gasteiger partial charge is 0.310 e. The molecular formula is C13H17FN4. The Balaban J connectivity index is 2.20. The van der Waals surface area contributed by atoms with E-state index in [4.69, 9.17) is 0 Å². The number of aromatic nitrogens is 3. The van der Waals surface area contributed by atoms with E-state index in [9.17, 15) is 4.39 Å². The molecule has 0 saturated heterocycles. The molecule has 1 atom stereocenters. The fourth-order valence-electron chi connectivity index (χ4n) is 1.79. The summed E-state index contributed by atoms with van der Waals surface area (Å²) in [6.45, 7) is 5.06. The lowest BCUT2D eigenvalue weighted by Crippen LogP contribution is -2.19. The molecule has 2 aromatic rings. The van der Waals surface area contributed by atoms with Gasteiger partial charge in [0.1, 0.15) is 24.2 Å². The summed E-state index contributed by atoms with van der Waals surface area (Å²) in [6.07, 6.45) is 3.93. The third-order valence-electron chi connectivity index (χ3n) is 2.84. The Bertz CT molecular complexity index is 496. The average molecular weight is 248 g/mol. The van der Waals surface area contributed by atoms with Gasteiger partial charge in [0.05, 0.1) is 0 Å². The Morgan fingerprint density at radius 3 is 2.89 bits per heavy atom. The smallest absolute Gasteiger partial charge is 0.149 e. The maximum absolute atomic E-state index is 14.0. The Kier molecular flexibility index (Phi) is 4.04. The van der Waals surface area contributed by atoms with Gasteiger partial charge in [-0.1, -0.05) is 13.0 Å². The Hall–Kier alpha value is -1.75. The Morgan fingerprint density at radius 1 is 1.44 bits per heavy atom. The van der Waals surface area contributed by atoms with Gasteiger partial charge in [0.15, 0.2) is 0 Å². The van der Waals surface area contributed by atoms with E-state index in [1.165, 1.54) is 17.3 Å². The standard InChI is InChI=1S/C13H17FN4/c1-3-6-16-10(2)11-4-5-13(12(14)7-11)18-9-15-8-17-18/h4-5,7-10,16H,3,6H2,1-2H3. The van der Waals surface area contributed by atoms with Crippen molar-refractivity contribution in [3.8, 4) is 5.69 Å². The first-order valence-electron chi connectivity index (χ1n) is 6.10. The number of hydrogen-bond donors (Lipinski definition) is 1. The maximum Gasteiger partial charge on any atom is 0.149 e. The molecule has 0 bridgehead atoms. The first kappa shape index (κ1) is 12.7. The van der Waals surface area contributed by atoms with E-state index >= 15 is 0 Å². The molecule has 0 saturated carbocycles. The highest BCUT2D eigenvalue weighted by atomic mass is 19.1. The van der Waals surface area contributed by atoms with Crippen LogP contribution < -0.4 is 5.32 Å². The number of nitrogens with one attached hydrogen (secondary N) is 1. The van der Waals surface area contributed by atoms with Crippen molar-refractivity contribution in [2.45, 2.75) is 26.3 Å². The Labute approximate surface area is 106 Å². The predicted octanol–water partition coefficient (Wildman–Crippen LogP) is 2.47. The number of halogens is 1. The average Bonchev–Trinajstić information content (AvgIpc) is 2.89. The second-order valence-electron chi connectivity index (χ2n) is 4.23. The summed E-state index contributed by atoms with van der Waals surface area (Å²) in [4.78, 5) is 3.81. The van der Waals surface area contributed by atoms with E-state index in [-0.39, 0.29) is 11.9 Å². The van der Waals surface area contributed by atoms with E-state index in [0.29, 0.717) is 5.69 Å². The molecular weight excluding hydrogens is 231 g/mol. The fraction of sp³-hybridized carbons (Fsp3) is 0.385. The highest BCUT2D eigenvalue weighted by Gasteiger charge is 2.10. The molecule has 1 unspecified atom stereocenters. The van der Waals surface area contributed by atoms with E-state index in [1.54, 1.807) is 12.1 Å². The van der Waals surface area contributed by atoms with Crippen LogP contribution in [0.2, 0.25) is 0 Å². The van der Waals surface area contributed by atoms with Crippen molar-refractivity contribution < 1.29 is 4.39 Å². The summed E-state index contributed by atoms with van der Waals surface area (Å²) >= 11 is 0. The summed E-state index contributed by atoms with van der Waals surface area (Å²) in [7, 11) is 0. The summed E-state index contributed by atoms with van der Waals surface area (Å²) in [5, 5.41) is 7.25. The zero-order chi connectivity index (χ0) is 13.0. The molecule has 1 N–H and O–H groups in total. The molecule has 18 heavy (non-hydrogen) atoms. The van der Waals surface area contributed by atoms with Crippen LogP contribution in [-0.4, -0.2) is 21.3 Å². The van der Waals surface area contributed by atoms with Crippen molar-refractivity contribution in [1.29, 1.82) is 0 Å². The molecule has 0 aliphatic heterocycles. The van der Waals surface area contributed by atoms with Gasteiger partial charge in [-0.25, -0.2) is 14.1 Å². The quantitative estimate of drug-likeness (QED) is 0.884. The van der Waals surface area contributed by atoms with Crippen LogP contribution in [0, 0.1) is 5.82 Å². The highest BCUT2D eigenvalue weighted by Crippen LogP contribution is 2.18. The van der Waals surface area contributed by atoms with Gasteiger partial charge in [-0.15, -0.1) is 0 Å². The number of rotatable bonds is 5. The van der Waals surface area contributed by atoms with Crippen molar-refractivity contribution >= 4 is 0 Å². The first-order chi connectivity index (χ1) is 8.72. The zero-order valence-corrected chi connectivity index (χ0v) is 10.6. The maximum atomic E-state index is 14.0. The minimum Gasteiger partial charge on any atom is -0.310 e. The monoisotopic (exact) mass is 248 g/mol. The molecule has 5 heteroatoms. The van der Waals surface area contributed by atoms with Crippen LogP contribution in [0.4, 0.5) is 4.39 Å². The summed E-state index contributed by atoms with van der Waals surface area (Å²) in [5.41, 5.74) is 1.35. The molecule has 0 aliphatic carbocycles. The SMILES string of the molecule is CCCNC(C)c1ccc(-n2cncn2)c(F)c1. The van der Waals surface area contributed by atoms with Crippen molar-refractivity contribution in [2.24, 2.45) is 0 Å². The van der Waals surface area contributed by atoms with Crippen LogP contribution in [0.25, 0.3) is 5.69 Å². The van der Waals surface area contributed by atoms with Gasteiger partial charge in [-0.2, -0.15) is 5.10 Å². The van der Waals surface area contributed by atoms with Gasteiger partial charge in [-0.05, 0) is 37.6 Å².